The van der Waals surface area contributed by atoms with Gasteiger partial charge in [-0.25, -0.2) is 0 Å². The van der Waals surface area contributed by atoms with Crippen molar-refractivity contribution < 1.29 is 4.79 Å². The van der Waals surface area contributed by atoms with E-state index in [0.29, 0.717) is 12.1 Å². The maximum absolute atomic E-state index is 12.1. The van der Waals surface area contributed by atoms with Crippen LogP contribution >= 0.6 is 0 Å². The fourth-order valence-electron chi connectivity index (χ4n) is 2.84. The van der Waals surface area contributed by atoms with Crippen LogP contribution in [0.4, 0.5) is 0 Å². The van der Waals surface area contributed by atoms with Crippen LogP contribution in [0.5, 0.6) is 0 Å². The minimum Gasteiger partial charge on any atom is -0.341 e. The van der Waals surface area contributed by atoms with Gasteiger partial charge in [-0.3, -0.25) is 9.69 Å². The van der Waals surface area contributed by atoms with Gasteiger partial charge in [0.05, 0.1) is 13.1 Å². The summed E-state index contributed by atoms with van der Waals surface area (Å²) in [6.45, 7) is 3.50. The molecule has 0 saturated carbocycles. The van der Waals surface area contributed by atoms with Crippen molar-refractivity contribution in [2.45, 2.75) is 12.8 Å². The first-order chi connectivity index (χ1) is 11.8. The van der Waals surface area contributed by atoms with E-state index in [0.717, 1.165) is 30.8 Å². The van der Waals surface area contributed by atoms with Gasteiger partial charge in [0, 0.05) is 5.56 Å². The van der Waals surface area contributed by atoms with Crippen LogP contribution in [0, 0.1) is 11.8 Å². The minimum absolute atomic E-state index is 0.0786. The minimum atomic E-state index is -0.0786. The Morgan fingerprint density at radius 2 is 1.58 bits per heavy atom. The summed E-state index contributed by atoms with van der Waals surface area (Å²) in [4.78, 5) is 14.5. The second kappa shape index (κ2) is 8.33. The molecule has 0 radical (unpaired) electrons. The van der Waals surface area contributed by atoms with Crippen LogP contribution in [-0.4, -0.2) is 37.0 Å². The first-order valence-corrected chi connectivity index (χ1v) is 8.45. The van der Waals surface area contributed by atoms with Gasteiger partial charge in [-0.2, -0.15) is 0 Å². The molecule has 122 valence electrons. The lowest BCUT2D eigenvalue weighted by Crippen LogP contribution is -2.24. The topological polar surface area (TPSA) is 32.3 Å². The van der Waals surface area contributed by atoms with Crippen molar-refractivity contribution in [3.63, 3.8) is 0 Å². The van der Waals surface area contributed by atoms with Crippen molar-refractivity contribution in [2.75, 3.05) is 26.2 Å². The molecule has 2 aromatic carbocycles. The van der Waals surface area contributed by atoms with E-state index in [1.807, 2.05) is 42.5 Å². The number of hydrogen-bond acceptors (Lipinski definition) is 2. The molecule has 0 atom stereocenters. The molecule has 3 heteroatoms. The molecule has 0 aliphatic carbocycles. The van der Waals surface area contributed by atoms with Gasteiger partial charge in [0.15, 0.2) is 0 Å². The van der Waals surface area contributed by atoms with Crippen LogP contribution < -0.4 is 5.32 Å². The van der Waals surface area contributed by atoms with E-state index in [9.17, 15) is 4.79 Å². The standard InChI is InChI=1S/C21H22N2O/c24-21(22-14-4-5-15-23-16-6-7-17-23)20-12-10-19(11-13-20)18-8-2-1-3-9-18/h1-3,8-13H,6-7,14-17H2,(H,22,24). The Labute approximate surface area is 143 Å². The molecular weight excluding hydrogens is 296 g/mol. The molecule has 3 rings (SSSR count). The average molecular weight is 318 g/mol. The molecule has 1 N–H and O–H groups in total. The number of amides is 1. The summed E-state index contributed by atoms with van der Waals surface area (Å²) in [6.07, 6.45) is 2.55. The van der Waals surface area contributed by atoms with Crippen LogP contribution in [0.25, 0.3) is 11.1 Å². The first kappa shape index (κ1) is 16.3. The Balaban J connectivity index is 1.49. The number of likely N-dealkylation sites (tertiary alicyclic amines) is 1. The Morgan fingerprint density at radius 1 is 0.917 bits per heavy atom. The summed E-state index contributed by atoms with van der Waals surface area (Å²) in [5, 5.41) is 2.85. The highest BCUT2D eigenvalue weighted by molar-refractivity contribution is 5.94. The predicted octanol–water partition coefficient (Wildman–Crippen LogP) is 3.18. The van der Waals surface area contributed by atoms with Gasteiger partial charge in [-0.15, -0.1) is 0 Å². The molecule has 1 fully saturated rings. The predicted molar refractivity (Wildman–Crippen MR) is 97.7 cm³/mol. The lowest BCUT2D eigenvalue weighted by Gasteiger charge is -2.08. The highest BCUT2D eigenvalue weighted by Crippen LogP contribution is 2.19. The van der Waals surface area contributed by atoms with Gasteiger partial charge in [0.1, 0.15) is 0 Å². The van der Waals surface area contributed by atoms with E-state index < -0.39 is 0 Å². The van der Waals surface area contributed by atoms with Gasteiger partial charge < -0.3 is 5.32 Å². The van der Waals surface area contributed by atoms with E-state index in [4.69, 9.17) is 0 Å². The second-order valence-corrected chi connectivity index (χ2v) is 5.96. The van der Waals surface area contributed by atoms with Gasteiger partial charge in [0.2, 0.25) is 0 Å². The molecule has 2 aromatic rings. The van der Waals surface area contributed by atoms with Crippen molar-refractivity contribution in [1.29, 1.82) is 0 Å². The summed E-state index contributed by atoms with van der Waals surface area (Å²) < 4.78 is 0. The monoisotopic (exact) mass is 318 g/mol. The maximum atomic E-state index is 12.1. The third kappa shape index (κ3) is 4.47. The number of nitrogens with zero attached hydrogens (tertiary/aromatic N) is 1. The lowest BCUT2D eigenvalue weighted by atomic mass is 10.0. The molecule has 1 aliphatic rings. The van der Waals surface area contributed by atoms with E-state index in [-0.39, 0.29) is 5.91 Å². The Hall–Kier alpha value is -2.57. The Bertz CT molecular complexity index is 720. The quantitative estimate of drug-likeness (QED) is 0.878. The lowest BCUT2D eigenvalue weighted by molar-refractivity contribution is 0.0958. The molecule has 0 aromatic heterocycles. The zero-order valence-electron chi connectivity index (χ0n) is 13.8. The highest BCUT2D eigenvalue weighted by atomic mass is 16.1. The molecular formula is C21H22N2O. The summed E-state index contributed by atoms with van der Waals surface area (Å²) in [5.41, 5.74) is 2.92. The number of hydrogen-bond donors (Lipinski definition) is 1. The molecule has 3 nitrogen and oxygen atoms in total. The van der Waals surface area contributed by atoms with E-state index >= 15 is 0 Å². The largest absolute Gasteiger partial charge is 0.341 e. The number of rotatable bonds is 4. The summed E-state index contributed by atoms with van der Waals surface area (Å²) in [5.74, 6) is 6.07. The fraction of sp³-hybridized carbons (Fsp3) is 0.286. The Morgan fingerprint density at radius 3 is 2.29 bits per heavy atom. The van der Waals surface area contributed by atoms with Crippen molar-refractivity contribution in [2.24, 2.45) is 0 Å². The van der Waals surface area contributed by atoms with Crippen molar-refractivity contribution >= 4 is 5.91 Å². The molecule has 0 spiro atoms. The first-order valence-electron chi connectivity index (χ1n) is 8.45. The van der Waals surface area contributed by atoms with Gasteiger partial charge in [-0.05, 0) is 49.2 Å². The molecule has 1 heterocycles. The Kier molecular flexibility index (Phi) is 5.65. The molecule has 1 amide bonds. The maximum Gasteiger partial charge on any atom is 0.252 e. The average Bonchev–Trinajstić information content (AvgIpc) is 3.16. The van der Waals surface area contributed by atoms with Crippen LogP contribution in [0.3, 0.4) is 0 Å². The van der Waals surface area contributed by atoms with Crippen LogP contribution in [0.1, 0.15) is 23.2 Å². The zero-order chi connectivity index (χ0) is 16.6. The van der Waals surface area contributed by atoms with Crippen LogP contribution in [0.15, 0.2) is 54.6 Å². The normalized spacial score (nSPS) is 14.0. The zero-order valence-corrected chi connectivity index (χ0v) is 13.8. The van der Waals surface area contributed by atoms with Crippen molar-refractivity contribution in [3.05, 3.63) is 60.2 Å². The van der Waals surface area contributed by atoms with Gasteiger partial charge in [-0.1, -0.05) is 54.3 Å². The molecule has 1 aliphatic heterocycles. The third-order valence-corrected chi connectivity index (χ3v) is 4.22. The van der Waals surface area contributed by atoms with Gasteiger partial charge in [0.25, 0.3) is 5.91 Å². The smallest absolute Gasteiger partial charge is 0.252 e. The van der Waals surface area contributed by atoms with Crippen molar-refractivity contribution in [1.82, 2.24) is 10.2 Å². The summed E-state index contributed by atoms with van der Waals surface area (Å²) in [7, 11) is 0. The molecule has 0 unspecified atom stereocenters. The second-order valence-electron chi connectivity index (χ2n) is 5.96. The van der Waals surface area contributed by atoms with E-state index in [1.54, 1.807) is 0 Å². The number of carbonyl (C=O) groups excluding carboxylic acids is 1. The number of carbonyl (C=O) groups is 1. The third-order valence-electron chi connectivity index (χ3n) is 4.22. The number of benzene rings is 2. The molecule has 1 saturated heterocycles. The van der Waals surface area contributed by atoms with Crippen LogP contribution in [-0.2, 0) is 0 Å². The van der Waals surface area contributed by atoms with Crippen LogP contribution in [0.2, 0.25) is 0 Å². The molecule has 0 bridgehead atoms. The SMILES string of the molecule is O=C(NCC#CCN1CCCC1)c1ccc(-c2ccccc2)cc1. The summed E-state index contributed by atoms with van der Waals surface area (Å²) in [6, 6.07) is 17.8. The highest BCUT2D eigenvalue weighted by Gasteiger charge is 2.08. The van der Waals surface area contributed by atoms with Gasteiger partial charge >= 0.3 is 0 Å². The van der Waals surface area contributed by atoms with Crippen molar-refractivity contribution in [3.8, 4) is 23.0 Å². The fourth-order valence-corrected chi connectivity index (χ4v) is 2.84. The summed E-state index contributed by atoms with van der Waals surface area (Å²) >= 11 is 0. The van der Waals surface area contributed by atoms with E-state index in [2.05, 4.69) is 34.2 Å². The van der Waals surface area contributed by atoms with E-state index in [1.165, 1.54) is 12.8 Å². The number of nitrogens with one attached hydrogen (secondary N) is 1. The molecule has 24 heavy (non-hydrogen) atoms.